The molecule has 0 spiro atoms. The van der Waals surface area contributed by atoms with Gasteiger partial charge in [0, 0.05) is 5.39 Å². The number of hydrogen-bond donors (Lipinski definition) is 1. The summed E-state index contributed by atoms with van der Waals surface area (Å²) < 4.78 is 10.4. The first-order chi connectivity index (χ1) is 8.56. The summed E-state index contributed by atoms with van der Waals surface area (Å²) >= 11 is 0. The van der Waals surface area contributed by atoms with Crippen LogP contribution in [0.1, 0.15) is 16.1 Å². The Hall–Kier alpha value is -2.30. The number of aromatic nitrogens is 1. The lowest BCUT2D eigenvalue weighted by molar-refractivity contribution is 0.0696. The molecule has 0 fully saturated rings. The molecule has 0 saturated carbocycles. The van der Waals surface area contributed by atoms with Crippen LogP contribution in [0.5, 0.6) is 11.5 Å². The van der Waals surface area contributed by atoms with Crippen molar-refractivity contribution in [1.82, 2.24) is 4.98 Å². The molecule has 0 amide bonds. The molecule has 0 atom stereocenters. The second-order valence-electron chi connectivity index (χ2n) is 3.83. The van der Waals surface area contributed by atoms with Gasteiger partial charge in [-0.25, -0.2) is 9.78 Å². The van der Waals surface area contributed by atoms with Crippen LogP contribution >= 0.6 is 0 Å². The minimum atomic E-state index is -1.00. The van der Waals surface area contributed by atoms with E-state index in [-0.39, 0.29) is 5.56 Å². The van der Waals surface area contributed by atoms with Crippen LogP contribution in [0.15, 0.2) is 18.2 Å². The highest BCUT2D eigenvalue weighted by molar-refractivity contribution is 5.96. The number of benzene rings is 1. The maximum Gasteiger partial charge on any atom is 0.335 e. The van der Waals surface area contributed by atoms with Crippen LogP contribution in [0.4, 0.5) is 0 Å². The van der Waals surface area contributed by atoms with Crippen molar-refractivity contribution in [1.29, 1.82) is 0 Å². The molecule has 1 aromatic carbocycles. The number of carboxylic acids is 1. The first kappa shape index (κ1) is 12.2. The molecule has 0 aliphatic carbocycles. The van der Waals surface area contributed by atoms with Crippen LogP contribution in [0.3, 0.4) is 0 Å². The van der Waals surface area contributed by atoms with Crippen molar-refractivity contribution in [3.63, 3.8) is 0 Å². The molecular formula is C13H13NO4. The van der Waals surface area contributed by atoms with E-state index in [1.165, 1.54) is 13.2 Å². The number of aryl methyl sites for hydroxylation is 1. The topological polar surface area (TPSA) is 68.7 Å². The van der Waals surface area contributed by atoms with Crippen LogP contribution in [0, 0.1) is 6.92 Å². The fourth-order valence-corrected chi connectivity index (χ4v) is 1.81. The van der Waals surface area contributed by atoms with Crippen molar-refractivity contribution < 1.29 is 19.4 Å². The van der Waals surface area contributed by atoms with Crippen LogP contribution in [0.2, 0.25) is 0 Å². The number of rotatable bonds is 3. The summed E-state index contributed by atoms with van der Waals surface area (Å²) in [5, 5.41) is 9.71. The summed E-state index contributed by atoms with van der Waals surface area (Å²) in [5.41, 5.74) is 1.51. The number of pyridine rings is 1. The standard InChI is InChI=1S/C13H13NO4/c1-7-10(17-2)5-8-4-9(13(15)16)6-11(18-3)12(8)14-7/h4-6H,1-3H3,(H,15,16). The van der Waals surface area contributed by atoms with E-state index >= 15 is 0 Å². The van der Waals surface area contributed by atoms with E-state index in [0.29, 0.717) is 22.4 Å². The lowest BCUT2D eigenvalue weighted by atomic mass is 10.1. The Labute approximate surface area is 104 Å². The number of hydrogen-bond acceptors (Lipinski definition) is 4. The van der Waals surface area contributed by atoms with Gasteiger partial charge in [0.15, 0.2) is 0 Å². The van der Waals surface area contributed by atoms with Gasteiger partial charge in [0.1, 0.15) is 17.0 Å². The van der Waals surface area contributed by atoms with Gasteiger partial charge in [0.2, 0.25) is 0 Å². The third-order valence-corrected chi connectivity index (χ3v) is 2.71. The zero-order valence-electron chi connectivity index (χ0n) is 10.4. The van der Waals surface area contributed by atoms with Gasteiger partial charge in [-0.2, -0.15) is 0 Å². The first-order valence-corrected chi connectivity index (χ1v) is 5.33. The van der Waals surface area contributed by atoms with Gasteiger partial charge in [0.25, 0.3) is 0 Å². The summed E-state index contributed by atoms with van der Waals surface area (Å²) in [7, 11) is 3.04. The lowest BCUT2D eigenvalue weighted by Gasteiger charge is -2.10. The number of ether oxygens (including phenoxy) is 2. The number of aromatic carboxylic acids is 1. The van der Waals surface area contributed by atoms with E-state index in [2.05, 4.69) is 4.98 Å². The zero-order valence-corrected chi connectivity index (χ0v) is 10.4. The molecule has 0 unspecified atom stereocenters. The molecule has 1 heterocycles. The normalized spacial score (nSPS) is 10.4. The third kappa shape index (κ3) is 1.95. The number of methoxy groups -OCH3 is 2. The molecule has 2 aromatic rings. The molecule has 1 N–H and O–H groups in total. The predicted octanol–water partition coefficient (Wildman–Crippen LogP) is 2.26. The molecule has 5 heteroatoms. The molecule has 0 bridgehead atoms. The summed E-state index contributed by atoms with van der Waals surface area (Å²) in [6.07, 6.45) is 0. The molecule has 0 radical (unpaired) electrons. The Morgan fingerprint density at radius 2 is 1.83 bits per heavy atom. The van der Waals surface area contributed by atoms with Gasteiger partial charge < -0.3 is 14.6 Å². The Kier molecular flexibility index (Phi) is 3.06. The van der Waals surface area contributed by atoms with E-state index < -0.39 is 5.97 Å². The second-order valence-corrected chi connectivity index (χ2v) is 3.83. The summed E-state index contributed by atoms with van der Waals surface area (Å²) in [6.45, 7) is 1.82. The summed E-state index contributed by atoms with van der Waals surface area (Å²) in [5.74, 6) is 0.0532. The highest BCUT2D eigenvalue weighted by atomic mass is 16.5. The van der Waals surface area contributed by atoms with Crippen molar-refractivity contribution in [3.8, 4) is 11.5 Å². The average Bonchev–Trinajstić information content (AvgIpc) is 2.36. The number of carbonyl (C=O) groups is 1. The van der Waals surface area contributed by atoms with E-state index in [4.69, 9.17) is 14.6 Å². The van der Waals surface area contributed by atoms with Crippen LogP contribution < -0.4 is 9.47 Å². The predicted molar refractivity (Wildman–Crippen MR) is 66.5 cm³/mol. The quantitative estimate of drug-likeness (QED) is 0.900. The van der Waals surface area contributed by atoms with Gasteiger partial charge in [-0.3, -0.25) is 0 Å². The van der Waals surface area contributed by atoms with Crippen LogP contribution in [-0.4, -0.2) is 30.3 Å². The summed E-state index contributed by atoms with van der Waals surface area (Å²) in [6, 6.07) is 4.77. The van der Waals surface area contributed by atoms with E-state index in [1.54, 1.807) is 19.2 Å². The number of fused-ring (bicyclic) bond motifs is 1. The molecule has 18 heavy (non-hydrogen) atoms. The lowest BCUT2D eigenvalue weighted by Crippen LogP contribution is -2.00. The van der Waals surface area contributed by atoms with E-state index in [9.17, 15) is 4.79 Å². The van der Waals surface area contributed by atoms with Crippen molar-refractivity contribution >= 4 is 16.9 Å². The van der Waals surface area contributed by atoms with Gasteiger partial charge in [-0.15, -0.1) is 0 Å². The van der Waals surface area contributed by atoms with Crippen molar-refractivity contribution in [3.05, 3.63) is 29.5 Å². The Bertz CT molecular complexity index is 622. The third-order valence-electron chi connectivity index (χ3n) is 2.71. The summed E-state index contributed by atoms with van der Waals surface area (Å²) in [4.78, 5) is 15.4. The highest BCUT2D eigenvalue weighted by Crippen LogP contribution is 2.30. The minimum Gasteiger partial charge on any atom is -0.495 e. The maximum absolute atomic E-state index is 11.0. The molecule has 0 saturated heterocycles. The maximum atomic E-state index is 11.0. The molecule has 5 nitrogen and oxygen atoms in total. The zero-order chi connectivity index (χ0) is 13.3. The van der Waals surface area contributed by atoms with Gasteiger partial charge in [0.05, 0.1) is 25.5 Å². The second kappa shape index (κ2) is 4.52. The van der Waals surface area contributed by atoms with E-state index in [0.717, 1.165) is 5.69 Å². The van der Waals surface area contributed by atoms with Crippen molar-refractivity contribution in [2.45, 2.75) is 6.92 Å². The smallest absolute Gasteiger partial charge is 0.335 e. The van der Waals surface area contributed by atoms with Crippen molar-refractivity contribution in [2.75, 3.05) is 14.2 Å². The Morgan fingerprint density at radius 3 is 2.39 bits per heavy atom. The van der Waals surface area contributed by atoms with Gasteiger partial charge in [-0.1, -0.05) is 0 Å². The highest BCUT2D eigenvalue weighted by Gasteiger charge is 2.13. The van der Waals surface area contributed by atoms with Crippen molar-refractivity contribution in [2.24, 2.45) is 0 Å². The number of carboxylic acid groups (broad SMARTS) is 1. The average molecular weight is 247 g/mol. The van der Waals surface area contributed by atoms with Gasteiger partial charge in [-0.05, 0) is 25.1 Å². The monoisotopic (exact) mass is 247 g/mol. The first-order valence-electron chi connectivity index (χ1n) is 5.33. The molecule has 94 valence electrons. The molecular weight excluding hydrogens is 234 g/mol. The fourth-order valence-electron chi connectivity index (χ4n) is 1.81. The molecule has 1 aromatic heterocycles. The van der Waals surface area contributed by atoms with Crippen LogP contribution in [0.25, 0.3) is 10.9 Å². The fraction of sp³-hybridized carbons (Fsp3) is 0.231. The molecule has 0 aliphatic rings. The largest absolute Gasteiger partial charge is 0.495 e. The molecule has 0 aliphatic heterocycles. The SMILES string of the molecule is COc1cc2cc(C(=O)O)cc(OC)c2nc1C. The Morgan fingerprint density at radius 1 is 1.17 bits per heavy atom. The Balaban J connectivity index is 2.79. The van der Waals surface area contributed by atoms with E-state index in [1.807, 2.05) is 6.92 Å². The van der Waals surface area contributed by atoms with Crippen LogP contribution in [-0.2, 0) is 0 Å². The molecule has 2 rings (SSSR count). The number of nitrogens with zero attached hydrogens (tertiary/aromatic N) is 1. The minimum absolute atomic E-state index is 0.159. The van der Waals surface area contributed by atoms with Gasteiger partial charge >= 0.3 is 5.97 Å².